The molecule has 0 spiro atoms. The third kappa shape index (κ3) is 6.05. The van der Waals surface area contributed by atoms with Gasteiger partial charge in [-0.15, -0.1) is 11.8 Å². The lowest BCUT2D eigenvalue weighted by Crippen LogP contribution is -2.47. The van der Waals surface area contributed by atoms with Gasteiger partial charge in [-0.25, -0.2) is 4.79 Å². The van der Waals surface area contributed by atoms with Gasteiger partial charge in [-0.05, 0) is 33.6 Å². The number of hydrogen-bond donors (Lipinski definition) is 2. The summed E-state index contributed by atoms with van der Waals surface area (Å²) in [6.07, 6.45) is 2.98. The molecule has 9 heteroatoms. The largest absolute Gasteiger partial charge is 0.452 e. The minimum atomic E-state index is -1.03. The average Bonchev–Trinajstić information content (AvgIpc) is 3.19. The molecule has 0 radical (unpaired) electrons. The van der Waals surface area contributed by atoms with Crippen LogP contribution in [0.25, 0.3) is 0 Å². The molecule has 1 saturated carbocycles. The van der Waals surface area contributed by atoms with E-state index in [-0.39, 0.29) is 11.8 Å². The first kappa shape index (κ1) is 20.3. The molecule has 8 nitrogen and oxygen atoms in total. The average molecular weight is 383 g/mol. The molecule has 2 rings (SSSR count). The molecule has 2 N–H and O–H groups in total. The third-order valence-electron chi connectivity index (χ3n) is 4.25. The third-order valence-corrected chi connectivity index (χ3v) is 5.18. The summed E-state index contributed by atoms with van der Waals surface area (Å²) in [5.41, 5.74) is 1.75. The summed E-state index contributed by atoms with van der Waals surface area (Å²) >= 11 is 1.35. The highest BCUT2D eigenvalue weighted by atomic mass is 32.2. The Balaban J connectivity index is 1.66. The van der Waals surface area contributed by atoms with Crippen molar-refractivity contribution in [1.29, 1.82) is 0 Å². The maximum Gasteiger partial charge on any atom is 0.321 e. The molecule has 1 heterocycles. The van der Waals surface area contributed by atoms with Crippen LogP contribution in [-0.2, 0) is 20.1 Å². The van der Waals surface area contributed by atoms with Crippen molar-refractivity contribution in [3.8, 4) is 0 Å². The molecule has 0 saturated heterocycles. The fraction of sp³-hybridized carbons (Fsp3) is 0.647. The highest BCUT2D eigenvalue weighted by molar-refractivity contribution is 7.99. The monoisotopic (exact) mass is 383 g/mol. The first-order valence-corrected chi connectivity index (χ1v) is 9.82. The highest BCUT2D eigenvalue weighted by Crippen LogP contribution is 2.19. The van der Waals surface area contributed by atoms with Crippen LogP contribution in [0.15, 0.2) is 4.52 Å². The van der Waals surface area contributed by atoms with E-state index in [1.807, 2.05) is 13.8 Å². The van der Waals surface area contributed by atoms with Crippen molar-refractivity contribution in [1.82, 2.24) is 15.8 Å². The van der Waals surface area contributed by atoms with Crippen molar-refractivity contribution in [3.05, 3.63) is 17.0 Å². The standard InChI is InChI=1S/C17H25N3O5S/c1-10-14(11(2)25-20-10)8-26-9-15(21)24-12(3)16(22)19-17(23)18-13-6-4-5-7-13/h12-13H,4-9H2,1-3H3,(H2,18,19,22,23). The predicted molar refractivity (Wildman–Crippen MR) is 96.6 cm³/mol. The number of hydrogen-bond acceptors (Lipinski definition) is 7. The Morgan fingerprint density at radius 2 is 2.00 bits per heavy atom. The van der Waals surface area contributed by atoms with E-state index in [0.717, 1.165) is 42.7 Å². The van der Waals surface area contributed by atoms with Crippen LogP contribution in [0.2, 0.25) is 0 Å². The van der Waals surface area contributed by atoms with E-state index in [9.17, 15) is 14.4 Å². The number of nitrogens with one attached hydrogen (secondary N) is 2. The molecule has 3 amide bonds. The number of thioether (sulfide) groups is 1. The zero-order valence-electron chi connectivity index (χ0n) is 15.3. The number of aromatic nitrogens is 1. The highest BCUT2D eigenvalue weighted by Gasteiger charge is 2.22. The Kier molecular flexibility index (Phi) is 7.50. The molecule has 1 fully saturated rings. The quantitative estimate of drug-likeness (QED) is 0.695. The molecule has 0 aliphatic heterocycles. The van der Waals surface area contributed by atoms with Crippen LogP contribution in [0.1, 0.15) is 49.6 Å². The number of nitrogens with zero attached hydrogens (tertiary/aromatic N) is 1. The summed E-state index contributed by atoms with van der Waals surface area (Å²) < 4.78 is 10.1. The molecule has 1 aliphatic rings. The molecule has 26 heavy (non-hydrogen) atoms. The maximum atomic E-state index is 11.9. The molecule has 144 valence electrons. The van der Waals surface area contributed by atoms with Gasteiger partial charge >= 0.3 is 12.0 Å². The molecule has 0 aromatic carbocycles. The molecule has 1 atom stereocenters. The van der Waals surface area contributed by atoms with Gasteiger partial charge in [0.1, 0.15) is 5.76 Å². The van der Waals surface area contributed by atoms with E-state index in [1.165, 1.54) is 18.7 Å². The summed E-state index contributed by atoms with van der Waals surface area (Å²) in [6, 6.07) is -0.432. The predicted octanol–water partition coefficient (Wildman–Crippen LogP) is 2.22. The fourth-order valence-electron chi connectivity index (χ4n) is 2.73. The van der Waals surface area contributed by atoms with E-state index in [4.69, 9.17) is 9.26 Å². The Labute approximate surface area is 156 Å². The number of imide groups is 1. The van der Waals surface area contributed by atoms with Gasteiger partial charge in [-0.3, -0.25) is 14.9 Å². The second-order valence-electron chi connectivity index (χ2n) is 6.37. The van der Waals surface area contributed by atoms with Crippen molar-refractivity contribution in [3.63, 3.8) is 0 Å². The lowest BCUT2D eigenvalue weighted by Gasteiger charge is -2.15. The molecule has 1 aromatic rings. The van der Waals surface area contributed by atoms with Crippen molar-refractivity contribution in [2.45, 2.75) is 64.4 Å². The summed E-state index contributed by atoms with van der Waals surface area (Å²) in [5.74, 6) is 0.242. The molecular weight excluding hydrogens is 358 g/mol. The van der Waals surface area contributed by atoms with Crippen LogP contribution in [0.4, 0.5) is 4.79 Å². The first-order chi connectivity index (χ1) is 12.4. The molecule has 0 bridgehead atoms. The summed E-state index contributed by atoms with van der Waals surface area (Å²) in [5, 5.41) is 8.81. The minimum absolute atomic E-state index is 0.0932. The van der Waals surface area contributed by atoms with E-state index >= 15 is 0 Å². The lowest BCUT2D eigenvalue weighted by molar-refractivity contribution is -0.151. The molecule has 1 aromatic heterocycles. The number of amides is 3. The van der Waals surface area contributed by atoms with Crippen molar-refractivity contribution in [2.75, 3.05) is 5.75 Å². The van der Waals surface area contributed by atoms with Crippen molar-refractivity contribution >= 4 is 29.7 Å². The fourth-order valence-corrected chi connectivity index (χ4v) is 3.69. The first-order valence-electron chi connectivity index (χ1n) is 8.67. The summed E-state index contributed by atoms with van der Waals surface area (Å²) in [4.78, 5) is 35.6. The van der Waals surface area contributed by atoms with Gasteiger partial charge in [-0.2, -0.15) is 0 Å². The van der Waals surface area contributed by atoms with Gasteiger partial charge in [-0.1, -0.05) is 18.0 Å². The van der Waals surface area contributed by atoms with E-state index in [0.29, 0.717) is 5.75 Å². The van der Waals surface area contributed by atoms with Crippen LogP contribution < -0.4 is 10.6 Å². The number of aryl methyl sites for hydroxylation is 2. The van der Waals surface area contributed by atoms with Gasteiger partial charge in [0, 0.05) is 17.4 Å². The Hall–Kier alpha value is -2.03. The van der Waals surface area contributed by atoms with Gasteiger partial charge < -0.3 is 14.6 Å². The zero-order chi connectivity index (χ0) is 19.1. The minimum Gasteiger partial charge on any atom is -0.452 e. The van der Waals surface area contributed by atoms with Gasteiger partial charge in [0.25, 0.3) is 5.91 Å². The van der Waals surface area contributed by atoms with Crippen LogP contribution in [0.3, 0.4) is 0 Å². The van der Waals surface area contributed by atoms with E-state index in [2.05, 4.69) is 15.8 Å². The number of carbonyl (C=O) groups excluding carboxylic acids is 3. The SMILES string of the molecule is Cc1noc(C)c1CSCC(=O)OC(C)C(=O)NC(=O)NC1CCCC1. The van der Waals surface area contributed by atoms with Crippen molar-refractivity contribution in [2.24, 2.45) is 0 Å². The molecule has 1 unspecified atom stereocenters. The summed E-state index contributed by atoms with van der Waals surface area (Å²) in [7, 11) is 0. The Morgan fingerprint density at radius 3 is 2.62 bits per heavy atom. The van der Waals surface area contributed by atoms with Crippen LogP contribution >= 0.6 is 11.8 Å². The zero-order valence-corrected chi connectivity index (χ0v) is 16.1. The van der Waals surface area contributed by atoms with Gasteiger partial charge in [0.2, 0.25) is 0 Å². The van der Waals surface area contributed by atoms with E-state index < -0.39 is 24.0 Å². The normalized spacial score (nSPS) is 15.5. The van der Waals surface area contributed by atoms with Crippen LogP contribution in [-0.4, -0.2) is 41.0 Å². The Morgan fingerprint density at radius 1 is 1.31 bits per heavy atom. The lowest BCUT2D eigenvalue weighted by atomic mass is 10.2. The number of rotatable bonds is 7. The number of esters is 1. The Bertz CT molecular complexity index is 635. The van der Waals surface area contributed by atoms with Gasteiger partial charge in [0.05, 0.1) is 11.4 Å². The number of carbonyl (C=O) groups is 3. The second-order valence-corrected chi connectivity index (χ2v) is 7.36. The van der Waals surface area contributed by atoms with Crippen molar-refractivity contribution < 1.29 is 23.6 Å². The van der Waals surface area contributed by atoms with E-state index in [1.54, 1.807) is 0 Å². The second kappa shape index (κ2) is 9.61. The number of urea groups is 1. The topological polar surface area (TPSA) is 111 Å². The van der Waals surface area contributed by atoms with Crippen LogP contribution in [0, 0.1) is 13.8 Å². The van der Waals surface area contributed by atoms with Crippen LogP contribution in [0.5, 0.6) is 0 Å². The number of ether oxygens (including phenoxy) is 1. The van der Waals surface area contributed by atoms with Gasteiger partial charge in [0.15, 0.2) is 6.10 Å². The molecular formula is C17H25N3O5S. The molecule has 1 aliphatic carbocycles. The summed E-state index contributed by atoms with van der Waals surface area (Å²) in [6.45, 7) is 5.10. The smallest absolute Gasteiger partial charge is 0.321 e. The maximum absolute atomic E-state index is 11.9.